The van der Waals surface area contributed by atoms with Crippen molar-refractivity contribution in [3.05, 3.63) is 47.7 Å². The summed E-state index contributed by atoms with van der Waals surface area (Å²) >= 11 is 0. The number of aryl methyl sites for hydroxylation is 1. The van der Waals surface area contributed by atoms with Crippen LogP contribution in [0.3, 0.4) is 0 Å². The SMILES string of the molecule is COc1cc2c(ccc3c4ccc(CO)c(OC)c4c[n+](C)c23)c(C2CC2)c1OC. The fourth-order valence-corrected chi connectivity index (χ4v) is 4.81. The molecule has 0 amide bonds. The van der Waals surface area contributed by atoms with Crippen LogP contribution in [-0.4, -0.2) is 26.4 Å². The van der Waals surface area contributed by atoms with E-state index in [1.165, 1.54) is 23.8 Å². The molecule has 0 radical (unpaired) electrons. The van der Waals surface area contributed by atoms with Gasteiger partial charge in [0.1, 0.15) is 12.8 Å². The fourth-order valence-electron chi connectivity index (χ4n) is 4.81. The summed E-state index contributed by atoms with van der Waals surface area (Å²) in [7, 11) is 7.12. The molecule has 0 saturated heterocycles. The van der Waals surface area contributed by atoms with Crippen molar-refractivity contribution in [1.82, 2.24) is 0 Å². The van der Waals surface area contributed by atoms with Crippen molar-refractivity contribution in [3.8, 4) is 17.2 Å². The Kier molecular flexibility index (Phi) is 4.44. The molecule has 154 valence electrons. The number of nitrogens with zero attached hydrogens (tertiary/aromatic N) is 1. The normalized spacial score (nSPS) is 13.9. The number of ether oxygens (including phenoxy) is 3. The van der Waals surface area contributed by atoms with Gasteiger partial charge in [-0.15, -0.1) is 0 Å². The molecule has 1 fully saturated rings. The van der Waals surface area contributed by atoms with Gasteiger partial charge in [0.2, 0.25) is 5.52 Å². The minimum atomic E-state index is -0.0552. The second-order valence-electron chi connectivity index (χ2n) is 7.97. The van der Waals surface area contributed by atoms with Crippen LogP contribution in [0.4, 0.5) is 0 Å². The number of benzene rings is 3. The molecule has 0 spiro atoms. The standard InChI is InChI=1S/C25H26NO4/c1-26-12-20-16(8-7-15(13-27)24(20)29-3)18-10-9-17-19(23(18)26)11-21(28-2)25(30-4)22(17)14-5-6-14/h7-12,14,27H,5-6,13H2,1-4H3/q+1. The quantitative estimate of drug-likeness (QED) is 0.397. The zero-order chi connectivity index (χ0) is 21.0. The van der Waals surface area contributed by atoms with Crippen LogP contribution >= 0.6 is 0 Å². The summed E-state index contributed by atoms with van der Waals surface area (Å²) in [5.74, 6) is 2.86. The van der Waals surface area contributed by atoms with Crippen LogP contribution in [-0.2, 0) is 13.7 Å². The third-order valence-electron chi connectivity index (χ3n) is 6.28. The molecule has 1 aliphatic carbocycles. The second kappa shape index (κ2) is 7.03. The largest absolute Gasteiger partial charge is 0.495 e. The molecule has 5 nitrogen and oxygen atoms in total. The van der Waals surface area contributed by atoms with Crippen molar-refractivity contribution >= 4 is 32.4 Å². The Labute approximate surface area is 175 Å². The first kappa shape index (κ1) is 18.9. The molecule has 30 heavy (non-hydrogen) atoms. The predicted molar refractivity (Wildman–Crippen MR) is 118 cm³/mol. The number of fused-ring (bicyclic) bond motifs is 5. The van der Waals surface area contributed by atoms with Crippen LogP contribution in [0.5, 0.6) is 17.2 Å². The first-order chi connectivity index (χ1) is 14.6. The van der Waals surface area contributed by atoms with E-state index in [2.05, 4.69) is 42.1 Å². The molecular formula is C25H26NO4+. The molecule has 1 aromatic heterocycles. The van der Waals surface area contributed by atoms with Crippen LogP contribution < -0.4 is 18.8 Å². The molecule has 1 N–H and O–H groups in total. The average molecular weight is 404 g/mol. The Morgan fingerprint density at radius 2 is 1.57 bits per heavy atom. The van der Waals surface area contributed by atoms with E-state index in [4.69, 9.17) is 14.2 Å². The van der Waals surface area contributed by atoms with Crippen molar-refractivity contribution < 1.29 is 23.9 Å². The lowest BCUT2D eigenvalue weighted by atomic mass is 9.94. The van der Waals surface area contributed by atoms with E-state index in [0.717, 1.165) is 49.9 Å². The predicted octanol–water partition coefficient (Wildman–Crippen LogP) is 4.37. The molecule has 0 bridgehead atoms. The molecule has 0 unspecified atom stereocenters. The topological polar surface area (TPSA) is 51.8 Å². The summed E-state index contributed by atoms with van der Waals surface area (Å²) < 4.78 is 19.3. The number of hydrogen-bond donors (Lipinski definition) is 1. The average Bonchev–Trinajstić information content (AvgIpc) is 3.61. The minimum Gasteiger partial charge on any atom is -0.495 e. The van der Waals surface area contributed by atoms with Gasteiger partial charge in [-0.1, -0.05) is 18.2 Å². The molecule has 4 aromatic rings. The van der Waals surface area contributed by atoms with Gasteiger partial charge < -0.3 is 19.3 Å². The molecule has 0 aliphatic heterocycles. The maximum Gasteiger partial charge on any atom is 0.220 e. The smallest absolute Gasteiger partial charge is 0.220 e. The number of aromatic nitrogens is 1. The number of aliphatic hydroxyl groups is 1. The van der Waals surface area contributed by atoms with E-state index in [9.17, 15) is 5.11 Å². The molecule has 5 rings (SSSR count). The van der Waals surface area contributed by atoms with Crippen LogP contribution in [0, 0.1) is 0 Å². The first-order valence-electron chi connectivity index (χ1n) is 10.2. The molecule has 5 heteroatoms. The molecule has 0 atom stereocenters. The molecule has 1 aliphatic rings. The highest BCUT2D eigenvalue weighted by Crippen LogP contribution is 2.51. The summed E-state index contributed by atoms with van der Waals surface area (Å²) in [6.45, 7) is -0.0552. The van der Waals surface area contributed by atoms with Crippen LogP contribution in [0.15, 0.2) is 36.5 Å². The van der Waals surface area contributed by atoms with Crippen molar-refractivity contribution in [2.75, 3.05) is 21.3 Å². The number of rotatable bonds is 5. The van der Waals surface area contributed by atoms with Crippen LogP contribution in [0.2, 0.25) is 0 Å². The highest BCUT2D eigenvalue weighted by atomic mass is 16.5. The van der Waals surface area contributed by atoms with E-state index in [0.29, 0.717) is 5.92 Å². The van der Waals surface area contributed by atoms with Gasteiger partial charge in [0.25, 0.3) is 0 Å². The monoisotopic (exact) mass is 404 g/mol. The third-order valence-corrected chi connectivity index (χ3v) is 6.28. The Bertz CT molecular complexity index is 1310. The lowest BCUT2D eigenvalue weighted by Crippen LogP contribution is -2.28. The number of aliphatic hydroxyl groups excluding tert-OH is 1. The summed E-state index contributed by atoms with van der Waals surface area (Å²) in [5.41, 5.74) is 3.18. The van der Waals surface area contributed by atoms with E-state index in [1.54, 1.807) is 21.3 Å². The Morgan fingerprint density at radius 3 is 2.20 bits per heavy atom. The van der Waals surface area contributed by atoms with E-state index in [1.807, 2.05) is 6.07 Å². The van der Waals surface area contributed by atoms with Crippen molar-refractivity contribution in [3.63, 3.8) is 0 Å². The Balaban J connectivity index is 1.95. The Morgan fingerprint density at radius 1 is 0.867 bits per heavy atom. The lowest BCUT2D eigenvalue weighted by Gasteiger charge is -2.17. The maximum atomic E-state index is 9.72. The highest BCUT2D eigenvalue weighted by Gasteiger charge is 2.32. The van der Waals surface area contributed by atoms with Gasteiger partial charge >= 0.3 is 0 Å². The maximum absolute atomic E-state index is 9.72. The van der Waals surface area contributed by atoms with E-state index < -0.39 is 0 Å². The van der Waals surface area contributed by atoms with E-state index >= 15 is 0 Å². The number of pyridine rings is 1. The third kappa shape index (κ3) is 2.62. The molecule has 1 heterocycles. The van der Waals surface area contributed by atoms with Gasteiger partial charge in [-0.3, -0.25) is 0 Å². The van der Waals surface area contributed by atoms with Crippen molar-refractivity contribution in [2.24, 2.45) is 7.05 Å². The van der Waals surface area contributed by atoms with Crippen LogP contribution in [0.1, 0.15) is 29.9 Å². The van der Waals surface area contributed by atoms with Gasteiger partial charge in [-0.25, -0.2) is 0 Å². The van der Waals surface area contributed by atoms with Crippen molar-refractivity contribution in [1.29, 1.82) is 0 Å². The first-order valence-corrected chi connectivity index (χ1v) is 10.2. The fraction of sp³-hybridized carbons (Fsp3) is 0.320. The molecular weight excluding hydrogens is 378 g/mol. The summed E-state index contributed by atoms with van der Waals surface area (Å²) in [6.07, 6.45) is 4.45. The van der Waals surface area contributed by atoms with Gasteiger partial charge in [-0.2, -0.15) is 4.57 Å². The highest BCUT2D eigenvalue weighted by molar-refractivity contribution is 6.15. The van der Waals surface area contributed by atoms with Gasteiger partial charge in [0.15, 0.2) is 17.7 Å². The lowest BCUT2D eigenvalue weighted by molar-refractivity contribution is -0.642. The summed E-state index contributed by atoms with van der Waals surface area (Å²) in [5, 5.41) is 15.3. The zero-order valence-corrected chi connectivity index (χ0v) is 17.8. The summed E-state index contributed by atoms with van der Waals surface area (Å²) in [6, 6.07) is 10.5. The molecule has 1 saturated carbocycles. The summed E-state index contributed by atoms with van der Waals surface area (Å²) in [4.78, 5) is 0. The number of methoxy groups -OCH3 is 3. The zero-order valence-electron chi connectivity index (χ0n) is 17.8. The van der Waals surface area contributed by atoms with E-state index in [-0.39, 0.29) is 6.61 Å². The second-order valence-corrected chi connectivity index (χ2v) is 7.97. The van der Waals surface area contributed by atoms with Crippen LogP contribution in [0.25, 0.3) is 32.4 Å². The molecule has 3 aromatic carbocycles. The van der Waals surface area contributed by atoms with Crippen molar-refractivity contribution in [2.45, 2.75) is 25.4 Å². The number of hydrogen-bond acceptors (Lipinski definition) is 4. The van der Waals surface area contributed by atoms with Gasteiger partial charge in [-0.05, 0) is 36.3 Å². The van der Waals surface area contributed by atoms with Gasteiger partial charge in [0, 0.05) is 16.5 Å². The Hall–Kier alpha value is -3.05. The van der Waals surface area contributed by atoms with Gasteiger partial charge in [0.05, 0.1) is 44.1 Å². The minimum absolute atomic E-state index is 0.0552.